The second kappa shape index (κ2) is 5.59. The zero-order valence-electron chi connectivity index (χ0n) is 13.4. The summed E-state index contributed by atoms with van der Waals surface area (Å²) < 4.78 is 5.52. The van der Waals surface area contributed by atoms with Crippen LogP contribution in [0.1, 0.15) is 44.0 Å². The minimum Gasteiger partial charge on any atom is -0.456 e. The van der Waals surface area contributed by atoms with Crippen molar-refractivity contribution >= 4 is 22.6 Å². The molecule has 0 aliphatic carbocycles. The van der Waals surface area contributed by atoms with Gasteiger partial charge in [0.1, 0.15) is 5.60 Å². The molecule has 0 atom stereocenters. The predicted octanol–water partition coefficient (Wildman–Crippen LogP) is 3.79. The summed E-state index contributed by atoms with van der Waals surface area (Å²) in [6.07, 6.45) is 4.12. The average Bonchev–Trinajstić information content (AvgIpc) is 2.98. The Hall–Kier alpha value is -2.10. The summed E-state index contributed by atoms with van der Waals surface area (Å²) in [6.45, 7) is 7.79. The molecule has 1 aromatic heterocycles. The van der Waals surface area contributed by atoms with Crippen molar-refractivity contribution in [2.24, 2.45) is 0 Å². The molecule has 0 amide bonds. The van der Waals surface area contributed by atoms with Crippen LogP contribution in [0.2, 0.25) is 0 Å². The molecule has 2 heterocycles. The Morgan fingerprint density at radius 3 is 2.59 bits per heavy atom. The number of anilines is 1. The van der Waals surface area contributed by atoms with E-state index in [-0.39, 0.29) is 5.97 Å². The Bertz CT molecular complexity index is 698. The Kier molecular flexibility index (Phi) is 3.77. The molecule has 1 fully saturated rings. The first-order valence-corrected chi connectivity index (χ1v) is 7.81. The lowest BCUT2D eigenvalue weighted by atomic mass is 10.1. The van der Waals surface area contributed by atoms with Gasteiger partial charge in [-0.1, -0.05) is 0 Å². The van der Waals surface area contributed by atoms with Crippen LogP contribution in [0.15, 0.2) is 30.5 Å². The Morgan fingerprint density at radius 1 is 1.18 bits per heavy atom. The van der Waals surface area contributed by atoms with Crippen molar-refractivity contribution < 1.29 is 9.53 Å². The van der Waals surface area contributed by atoms with Crippen LogP contribution in [0, 0.1) is 0 Å². The van der Waals surface area contributed by atoms with Crippen molar-refractivity contribution in [3.63, 3.8) is 0 Å². The van der Waals surface area contributed by atoms with E-state index in [4.69, 9.17) is 4.74 Å². The third-order valence-corrected chi connectivity index (χ3v) is 3.82. The lowest BCUT2D eigenvalue weighted by molar-refractivity contribution is 0.00718. The fourth-order valence-corrected chi connectivity index (χ4v) is 2.82. The van der Waals surface area contributed by atoms with E-state index >= 15 is 0 Å². The van der Waals surface area contributed by atoms with Crippen LogP contribution >= 0.6 is 0 Å². The molecule has 0 saturated carbocycles. The normalized spacial score (nSPS) is 15.3. The highest BCUT2D eigenvalue weighted by atomic mass is 16.6. The number of carbonyl (C=O) groups is 1. The van der Waals surface area contributed by atoms with Crippen LogP contribution in [0.4, 0.5) is 5.69 Å². The zero-order valence-corrected chi connectivity index (χ0v) is 13.4. The highest BCUT2D eigenvalue weighted by Crippen LogP contribution is 2.27. The summed E-state index contributed by atoms with van der Waals surface area (Å²) in [5.74, 6) is -0.293. The van der Waals surface area contributed by atoms with Gasteiger partial charge in [-0.25, -0.2) is 4.79 Å². The smallest absolute Gasteiger partial charge is 0.339 e. The van der Waals surface area contributed by atoms with E-state index in [1.165, 1.54) is 12.8 Å². The Balaban J connectivity index is 2.02. The number of fused-ring (bicyclic) bond motifs is 1. The number of carbonyl (C=O) groups excluding carboxylic acids is 1. The molecular weight excluding hydrogens is 276 g/mol. The summed E-state index contributed by atoms with van der Waals surface area (Å²) >= 11 is 0. The van der Waals surface area contributed by atoms with E-state index in [0.29, 0.717) is 5.56 Å². The van der Waals surface area contributed by atoms with Gasteiger partial charge in [0.15, 0.2) is 0 Å². The average molecular weight is 298 g/mol. The largest absolute Gasteiger partial charge is 0.456 e. The second-order valence-electron chi connectivity index (χ2n) is 6.76. The lowest BCUT2D eigenvalue weighted by Gasteiger charge is -2.21. The fourth-order valence-electron chi connectivity index (χ4n) is 2.82. The highest BCUT2D eigenvalue weighted by Gasteiger charge is 2.21. The summed E-state index contributed by atoms with van der Waals surface area (Å²) in [6, 6.07) is 7.87. The molecule has 4 nitrogen and oxygen atoms in total. The Morgan fingerprint density at radius 2 is 1.91 bits per heavy atom. The molecule has 0 N–H and O–H groups in total. The van der Waals surface area contributed by atoms with Gasteiger partial charge in [0, 0.05) is 30.4 Å². The van der Waals surface area contributed by atoms with Gasteiger partial charge in [0.05, 0.1) is 11.1 Å². The molecule has 1 aliphatic rings. The van der Waals surface area contributed by atoms with Crippen molar-refractivity contribution in [3.8, 4) is 0 Å². The highest BCUT2D eigenvalue weighted by molar-refractivity contribution is 6.04. The number of aromatic nitrogens is 1. The molecule has 4 heteroatoms. The van der Waals surface area contributed by atoms with Crippen molar-refractivity contribution in [3.05, 3.63) is 36.0 Å². The van der Waals surface area contributed by atoms with Gasteiger partial charge in [-0.2, -0.15) is 0 Å². The quantitative estimate of drug-likeness (QED) is 0.791. The molecule has 0 radical (unpaired) electrons. The van der Waals surface area contributed by atoms with Crippen LogP contribution in [0.5, 0.6) is 0 Å². The second-order valence-corrected chi connectivity index (χ2v) is 6.76. The van der Waals surface area contributed by atoms with Crippen LogP contribution in [-0.2, 0) is 4.74 Å². The number of rotatable bonds is 2. The van der Waals surface area contributed by atoms with Gasteiger partial charge in [0.25, 0.3) is 0 Å². The van der Waals surface area contributed by atoms with Gasteiger partial charge in [0.2, 0.25) is 0 Å². The third kappa shape index (κ3) is 3.06. The monoisotopic (exact) mass is 298 g/mol. The number of hydrogen-bond donors (Lipinski definition) is 0. The SMILES string of the molecule is CC(C)(C)OC(=O)c1ccnc2ccc(N3CCCC3)cc12. The number of pyridine rings is 1. The summed E-state index contributed by atoms with van der Waals surface area (Å²) in [5.41, 5.74) is 2.06. The molecule has 2 aromatic rings. The van der Waals surface area contributed by atoms with Gasteiger partial charge in [-0.15, -0.1) is 0 Å². The molecular formula is C18H22N2O2. The van der Waals surface area contributed by atoms with E-state index in [0.717, 1.165) is 29.7 Å². The standard InChI is InChI=1S/C18H22N2O2/c1-18(2,3)22-17(21)14-8-9-19-16-7-6-13(12-15(14)16)20-10-4-5-11-20/h6-9,12H,4-5,10-11H2,1-3H3. The van der Waals surface area contributed by atoms with Crippen LogP contribution in [0.3, 0.4) is 0 Å². The van der Waals surface area contributed by atoms with E-state index < -0.39 is 5.60 Å². The van der Waals surface area contributed by atoms with Crippen molar-refractivity contribution in [2.75, 3.05) is 18.0 Å². The number of hydrogen-bond acceptors (Lipinski definition) is 4. The molecule has 0 unspecified atom stereocenters. The van der Waals surface area contributed by atoms with Crippen LogP contribution < -0.4 is 4.90 Å². The van der Waals surface area contributed by atoms with Gasteiger partial charge < -0.3 is 9.64 Å². The molecule has 1 aromatic carbocycles. The van der Waals surface area contributed by atoms with Gasteiger partial charge in [-0.05, 0) is 57.9 Å². The van der Waals surface area contributed by atoms with Gasteiger partial charge >= 0.3 is 5.97 Å². The van der Waals surface area contributed by atoms with E-state index in [1.807, 2.05) is 26.8 Å². The van der Waals surface area contributed by atoms with E-state index in [9.17, 15) is 4.79 Å². The minimum absolute atomic E-state index is 0.293. The Labute approximate surface area is 131 Å². The summed E-state index contributed by atoms with van der Waals surface area (Å²) in [5, 5.41) is 0.862. The van der Waals surface area contributed by atoms with E-state index in [1.54, 1.807) is 12.3 Å². The van der Waals surface area contributed by atoms with E-state index in [2.05, 4.69) is 22.0 Å². The van der Waals surface area contributed by atoms with Crippen molar-refractivity contribution in [1.29, 1.82) is 0 Å². The maximum atomic E-state index is 12.4. The molecule has 22 heavy (non-hydrogen) atoms. The predicted molar refractivity (Wildman–Crippen MR) is 88.4 cm³/mol. The maximum absolute atomic E-state index is 12.4. The number of nitrogens with zero attached hydrogens (tertiary/aromatic N) is 2. The number of ether oxygens (including phenoxy) is 1. The third-order valence-electron chi connectivity index (χ3n) is 3.82. The lowest BCUT2D eigenvalue weighted by Crippen LogP contribution is -2.24. The van der Waals surface area contributed by atoms with Crippen LogP contribution in [-0.4, -0.2) is 29.6 Å². The molecule has 3 rings (SSSR count). The fraction of sp³-hybridized carbons (Fsp3) is 0.444. The first-order valence-electron chi connectivity index (χ1n) is 7.81. The summed E-state index contributed by atoms with van der Waals surface area (Å²) in [4.78, 5) is 19.2. The van der Waals surface area contributed by atoms with Gasteiger partial charge in [-0.3, -0.25) is 4.98 Å². The van der Waals surface area contributed by atoms with Crippen molar-refractivity contribution in [1.82, 2.24) is 4.98 Å². The number of benzene rings is 1. The summed E-state index contributed by atoms with van der Waals surface area (Å²) in [7, 11) is 0. The molecule has 116 valence electrons. The number of esters is 1. The first kappa shape index (κ1) is 14.8. The maximum Gasteiger partial charge on any atom is 0.339 e. The molecule has 1 saturated heterocycles. The van der Waals surface area contributed by atoms with Crippen molar-refractivity contribution in [2.45, 2.75) is 39.2 Å². The van der Waals surface area contributed by atoms with Crippen LogP contribution in [0.25, 0.3) is 10.9 Å². The molecule has 1 aliphatic heterocycles. The molecule has 0 bridgehead atoms. The first-order chi connectivity index (χ1) is 10.4. The molecule has 0 spiro atoms. The zero-order chi connectivity index (χ0) is 15.7. The topological polar surface area (TPSA) is 42.4 Å². The minimum atomic E-state index is -0.501.